The third kappa shape index (κ3) is 4.77. The fourth-order valence-corrected chi connectivity index (χ4v) is 3.35. The van der Waals surface area contributed by atoms with Crippen LogP contribution >= 0.6 is 11.8 Å². The maximum atomic E-state index is 12.1. The van der Waals surface area contributed by atoms with E-state index >= 15 is 0 Å². The number of phenols is 1. The number of carbonyl (C=O) groups excluding carboxylic acids is 1. The summed E-state index contributed by atoms with van der Waals surface area (Å²) in [7, 11) is 0. The number of hydrazone groups is 1. The minimum absolute atomic E-state index is 0.180. The monoisotopic (exact) mass is 395 g/mol. The quantitative estimate of drug-likeness (QED) is 0.364. The van der Waals surface area contributed by atoms with Gasteiger partial charge in [-0.1, -0.05) is 42.1 Å². The molecule has 0 fully saturated rings. The summed E-state index contributed by atoms with van der Waals surface area (Å²) in [6.45, 7) is 4.52. The number of hydrogen-bond acceptors (Lipinski definition) is 6. The molecule has 0 saturated carbocycles. The smallest absolute Gasteiger partial charge is 0.250 e. The molecule has 2 aromatic carbocycles. The van der Waals surface area contributed by atoms with Crippen LogP contribution in [-0.4, -0.2) is 37.2 Å². The number of aromatic nitrogens is 3. The molecular weight excluding hydrogens is 374 g/mol. The van der Waals surface area contributed by atoms with Gasteiger partial charge in [0.25, 0.3) is 5.91 Å². The molecule has 1 heterocycles. The van der Waals surface area contributed by atoms with Crippen molar-refractivity contribution in [1.82, 2.24) is 20.2 Å². The molecule has 0 unspecified atom stereocenters. The number of amides is 1. The number of nitrogens with one attached hydrogen (secondary N) is 1. The molecule has 0 saturated heterocycles. The molecule has 1 amide bonds. The number of aromatic hydroxyl groups is 1. The van der Waals surface area contributed by atoms with Crippen LogP contribution in [0.4, 0.5) is 0 Å². The van der Waals surface area contributed by atoms with Gasteiger partial charge in [-0.2, -0.15) is 5.10 Å². The van der Waals surface area contributed by atoms with Crippen molar-refractivity contribution in [2.24, 2.45) is 5.10 Å². The van der Waals surface area contributed by atoms with Crippen molar-refractivity contribution in [3.63, 3.8) is 0 Å². The Hall–Kier alpha value is -3.13. The Morgan fingerprint density at radius 3 is 2.54 bits per heavy atom. The summed E-state index contributed by atoms with van der Waals surface area (Å²) in [5, 5.41) is 22.6. The lowest BCUT2D eigenvalue weighted by Crippen LogP contribution is -2.21. The molecule has 0 bridgehead atoms. The summed E-state index contributed by atoms with van der Waals surface area (Å²) in [5.41, 5.74) is 5.02. The molecule has 1 aromatic heterocycles. The molecule has 8 heteroatoms. The molecule has 0 aliphatic heterocycles. The lowest BCUT2D eigenvalue weighted by molar-refractivity contribution is -0.118. The first-order valence-electron chi connectivity index (χ1n) is 8.82. The van der Waals surface area contributed by atoms with Crippen molar-refractivity contribution in [1.29, 1.82) is 0 Å². The predicted octanol–water partition coefficient (Wildman–Crippen LogP) is 3.30. The maximum Gasteiger partial charge on any atom is 0.250 e. The maximum absolute atomic E-state index is 12.1. The van der Waals surface area contributed by atoms with E-state index in [1.54, 1.807) is 31.2 Å². The third-order valence-electron chi connectivity index (χ3n) is 4.03. The standard InChI is InChI=1S/C20H21N5O2S/c1-3-25-19(16-7-5-4-6-8-16)23-24-20(25)28-13-18(27)22-21-14(2)15-9-11-17(26)12-10-15/h4-12,26H,3,13H2,1-2H3,(H,22,27). The second kappa shape index (κ2) is 9.18. The predicted molar refractivity (Wildman–Crippen MR) is 110 cm³/mol. The van der Waals surface area contributed by atoms with E-state index in [9.17, 15) is 9.90 Å². The average Bonchev–Trinajstić information content (AvgIpc) is 3.14. The summed E-state index contributed by atoms with van der Waals surface area (Å²) in [4.78, 5) is 12.1. The Balaban J connectivity index is 1.61. The van der Waals surface area contributed by atoms with Crippen molar-refractivity contribution in [2.45, 2.75) is 25.5 Å². The van der Waals surface area contributed by atoms with E-state index in [1.807, 2.05) is 41.8 Å². The molecule has 3 aromatic rings. The Morgan fingerprint density at radius 2 is 1.86 bits per heavy atom. The van der Waals surface area contributed by atoms with E-state index < -0.39 is 0 Å². The normalized spacial score (nSPS) is 11.4. The van der Waals surface area contributed by atoms with Gasteiger partial charge in [-0.3, -0.25) is 4.79 Å². The molecule has 144 valence electrons. The molecule has 2 N–H and O–H groups in total. The van der Waals surface area contributed by atoms with Crippen LogP contribution in [0.5, 0.6) is 5.75 Å². The highest BCUT2D eigenvalue weighted by Crippen LogP contribution is 2.23. The number of rotatable bonds is 7. The van der Waals surface area contributed by atoms with Crippen molar-refractivity contribution in [3.8, 4) is 17.1 Å². The van der Waals surface area contributed by atoms with E-state index in [4.69, 9.17) is 0 Å². The number of nitrogens with zero attached hydrogens (tertiary/aromatic N) is 4. The lowest BCUT2D eigenvalue weighted by Gasteiger charge is -2.07. The summed E-state index contributed by atoms with van der Waals surface area (Å²) in [6.07, 6.45) is 0. The molecule has 3 rings (SSSR count). The van der Waals surface area contributed by atoms with E-state index in [1.165, 1.54) is 11.8 Å². The highest BCUT2D eigenvalue weighted by molar-refractivity contribution is 7.99. The highest BCUT2D eigenvalue weighted by atomic mass is 32.2. The first-order chi connectivity index (χ1) is 13.6. The van der Waals surface area contributed by atoms with Gasteiger partial charge in [0.05, 0.1) is 11.5 Å². The van der Waals surface area contributed by atoms with Crippen LogP contribution in [0, 0.1) is 0 Å². The molecule has 7 nitrogen and oxygen atoms in total. The van der Waals surface area contributed by atoms with Gasteiger partial charge in [-0.05, 0) is 43.7 Å². The fourth-order valence-electron chi connectivity index (χ4n) is 2.56. The Bertz CT molecular complexity index is 968. The summed E-state index contributed by atoms with van der Waals surface area (Å²) < 4.78 is 1.98. The van der Waals surface area contributed by atoms with Gasteiger partial charge in [-0.25, -0.2) is 5.43 Å². The van der Waals surface area contributed by atoms with Gasteiger partial charge in [0.1, 0.15) is 5.75 Å². The minimum atomic E-state index is -0.227. The van der Waals surface area contributed by atoms with Gasteiger partial charge >= 0.3 is 0 Å². The molecule has 0 radical (unpaired) electrons. The van der Waals surface area contributed by atoms with Crippen molar-refractivity contribution in [2.75, 3.05) is 5.75 Å². The average molecular weight is 395 g/mol. The first-order valence-corrected chi connectivity index (χ1v) is 9.81. The van der Waals surface area contributed by atoms with Crippen LogP contribution in [0.3, 0.4) is 0 Å². The molecule has 0 aliphatic rings. The van der Waals surface area contributed by atoms with Crippen molar-refractivity contribution < 1.29 is 9.90 Å². The second-order valence-corrected chi connectivity index (χ2v) is 6.93. The zero-order chi connectivity index (χ0) is 19.9. The number of phenolic OH excluding ortho intramolecular Hbond substituents is 1. The molecule has 0 spiro atoms. The summed E-state index contributed by atoms with van der Waals surface area (Å²) >= 11 is 1.32. The summed E-state index contributed by atoms with van der Waals surface area (Å²) in [6, 6.07) is 16.5. The molecule has 28 heavy (non-hydrogen) atoms. The number of carbonyl (C=O) groups is 1. The molecule has 0 atom stereocenters. The lowest BCUT2D eigenvalue weighted by atomic mass is 10.1. The van der Waals surface area contributed by atoms with Gasteiger partial charge in [0.15, 0.2) is 11.0 Å². The topological polar surface area (TPSA) is 92.4 Å². The number of thioether (sulfide) groups is 1. The van der Waals surface area contributed by atoms with Crippen LogP contribution in [0.25, 0.3) is 11.4 Å². The second-order valence-electron chi connectivity index (χ2n) is 5.98. The van der Waals surface area contributed by atoms with Crippen LogP contribution in [0.1, 0.15) is 19.4 Å². The third-order valence-corrected chi connectivity index (χ3v) is 5.00. The molecule has 0 aliphatic carbocycles. The van der Waals surface area contributed by atoms with Crippen LogP contribution in [0.15, 0.2) is 64.9 Å². The van der Waals surface area contributed by atoms with Crippen LogP contribution in [-0.2, 0) is 11.3 Å². The van der Waals surface area contributed by atoms with E-state index in [-0.39, 0.29) is 17.4 Å². The minimum Gasteiger partial charge on any atom is -0.508 e. The molecular formula is C20H21N5O2S. The van der Waals surface area contributed by atoms with E-state index in [0.29, 0.717) is 17.4 Å². The fraction of sp³-hybridized carbons (Fsp3) is 0.200. The largest absolute Gasteiger partial charge is 0.508 e. The van der Waals surface area contributed by atoms with Gasteiger partial charge in [0.2, 0.25) is 0 Å². The SMILES string of the molecule is CCn1c(SCC(=O)NN=C(C)c2ccc(O)cc2)nnc1-c1ccccc1. The van der Waals surface area contributed by atoms with Crippen molar-refractivity contribution in [3.05, 3.63) is 60.2 Å². The van der Waals surface area contributed by atoms with Gasteiger partial charge in [0, 0.05) is 12.1 Å². The summed E-state index contributed by atoms with van der Waals surface area (Å²) in [5.74, 6) is 0.924. The van der Waals surface area contributed by atoms with Gasteiger partial charge in [-0.15, -0.1) is 10.2 Å². The Kier molecular flexibility index (Phi) is 6.44. The van der Waals surface area contributed by atoms with E-state index in [0.717, 1.165) is 17.0 Å². The number of benzene rings is 2. The van der Waals surface area contributed by atoms with Gasteiger partial charge < -0.3 is 9.67 Å². The van der Waals surface area contributed by atoms with E-state index in [2.05, 4.69) is 20.7 Å². The zero-order valence-electron chi connectivity index (χ0n) is 15.7. The number of hydrogen-bond donors (Lipinski definition) is 2. The van der Waals surface area contributed by atoms with Crippen LogP contribution < -0.4 is 5.43 Å². The highest BCUT2D eigenvalue weighted by Gasteiger charge is 2.14. The Morgan fingerprint density at radius 1 is 1.14 bits per heavy atom. The van der Waals surface area contributed by atoms with Crippen molar-refractivity contribution >= 4 is 23.4 Å². The Labute approximate surface area is 167 Å². The zero-order valence-corrected chi connectivity index (χ0v) is 16.5. The first kappa shape index (κ1) is 19.6. The van der Waals surface area contributed by atoms with Crippen LogP contribution in [0.2, 0.25) is 0 Å².